The van der Waals surface area contributed by atoms with Gasteiger partial charge in [-0.3, -0.25) is 0 Å². The Morgan fingerprint density at radius 1 is 0.156 bits per heavy atom. The van der Waals surface area contributed by atoms with Gasteiger partial charge in [-0.05, 0) is 0 Å². The first-order chi connectivity index (χ1) is 17.3. The minimum absolute atomic E-state index is 0. The van der Waals surface area contributed by atoms with Gasteiger partial charge in [0.05, 0.1) is 50.9 Å². The fourth-order valence-electron chi connectivity index (χ4n) is 0. The van der Waals surface area contributed by atoms with Gasteiger partial charge in [-0.15, -0.1) is 0 Å². The molecular formula is Ca5N10O30. The van der Waals surface area contributed by atoms with Crippen LogP contribution in [-0.4, -0.2) is 240 Å². The molecule has 0 heterocycles. The van der Waals surface area contributed by atoms with Gasteiger partial charge in [0.1, 0.15) is 0 Å². The van der Waals surface area contributed by atoms with Crippen LogP contribution in [0, 0.1) is 153 Å². The van der Waals surface area contributed by atoms with Crippen molar-refractivity contribution in [2.75, 3.05) is 0 Å². The van der Waals surface area contributed by atoms with Gasteiger partial charge in [0.25, 0.3) is 0 Å². The van der Waals surface area contributed by atoms with Crippen molar-refractivity contribution in [3.8, 4) is 0 Å². The molecule has 0 aliphatic heterocycles. The first kappa shape index (κ1) is 96.7. The fourth-order valence-corrected chi connectivity index (χ4v) is 0. The van der Waals surface area contributed by atoms with E-state index in [1.54, 1.807) is 0 Å². The molecular weight excluding hydrogens is 820 g/mol. The van der Waals surface area contributed by atoms with Gasteiger partial charge >= 0.3 is 189 Å². The maximum absolute atomic E-state index is 8.25. The molecule has 0 N–H and O–H groups in total. The van der Waals surface area contributed by atoms with Gasteiger partial charge < -0.3 is 153 Å². The van der Waals surface area contributed by atoms with Crippen molar-refractivity contribution in [2.45, 2.75) is 0 Å². The molecule has 0 bridgehead atoms. The third-order valence-corrected chi connectivity index (χ3v) is 0. The van der Waals surface area contributed by atoms with E-state index in [1.165, 1.54) is 0 Å². The van der Waals surface area contributed by atoms with Gasteiger partial charge in [0.2, 0.25) is 0 Å². The number of nitrogens with zero attached hydrogens (tertiary/aromatic N) is 10. The summed E-state index contributed by atoms with van der Waals surface area (Å²) < 4.78 is 0. The molecule has 0 aromatic heterocycles. The van der Waals surface area contributed by atoms with Crippen LogP contribution in [0.2, 0.25) is 0 Å². The number of hydrogen-bond acceptors (Lipinski definition) is 30. The average Bonchev–Trinajstić information content (AvgIpc) is 2.47. The van der Waals surface area contributed by atoms with Crippen LogP contribution in [0.4, 0.5) is 0 Å². The molecule has 0 amide bonds. The van der Waals surface area contributed by atoms with Crippen LogP contribution in [0.3, 0.4) is 0 Å². The van der Waals surface area contributed by atoms with Crippen molar-refractivity contribution < 1.29 is 50.9 Å². The van der Waals surface area contributed by atoms with E-state index >= 15 is 0 Å². The average molecular weight is 820 g/mol. The van der Waals surface area contributed by atoms with Crippen LogP contribution in [-0.2, 0) is 0 Å². The third-order valence-electron chi connectivity index (χ3n) is 0. The molecule has 0 aromatic carbocycles. The Hall–Kier alpha value is -1.70. The maximum Gasteiger partial charge on any atom is 2.00 e. The van der Waals surface area contributed by atoms with E-state index in [2.05, 4.69) is 0 Å². The molecule has 0 unspecified atom stereocenters. The molecule has 45 heavy (non-hydrogen) atoms. The summed E-state index contributed by atoms with van der Waals surface area (Å²) in [5.74, 6) is 0. The first-order valence-electron chi connectivity index (χ1n) is 5.48. The zero-order valence-electron chi connectivity index (χ0n) is 20.3. The quantitative estimate of drug-likeness (QED) is 0.127. The van der Waals surface area contributed by atoms with E-state index in [0.717, 1.165) is 0 Å². The Morgan fingerprint density at radius 3 is 0.156 bits per heavy atom. The zero-order chi connectivity index (χ0) is 35.8. The van der Waals surface area contributed by atoms with E-state index in [1.807, 2.05) is 0 Å². The first-order valence-corrected chi connectivity index (χ1v) is 5.48. The molecule has 0 rings (SSSR count). The summed E-state index contributed by atoms with van der Waals surface area (Å²) in [6, 6.07) is 0. The molecule has 0 atom stereocenters. The standard InChI is InChI=1S/5Ca.10NO3/c;;;;;10*2-1(3)4/q5*+2;10*-1. The summed E-state index contributed by atoms with van der Waals surface area (Å²) in [5.41, 5.74) is 0. The van der Waals surface area contributed by atoms with E-state index in [-0.39, 0.29) is 189 Å². The molecule has 40 nitrogen and oxygen atoms in total. The molecule has 240 valence electrons. The number of rotatable bonds is 0. The summed E-state index contributed by atoms with van der Waals surface area (Å²) >= 11 is 0. The fraction of sp³-hybridized carbons (Fsp3) is 0. The molecule has 0 radical (unpaired) electrons. The predicted octanol–water partition coefficient (Wildman–Crippen LogP) is -4.29. The molecule has 0 aromatic rings. The van der Waals surface area contributed by atoms with Crippen LogP contribution in [0.25, 0.3) is 0 Å². The maximum atomic E-state index is 8.25. The van der Waals surface area contributed by atoms with Crippen molar-refractivity contribution in [1.29, 1.82) is 0 Å². The minimum Gasteiger partial charge on any atom is -0.356 e. The second-order valence-corrected chi connectivity index (χ2v) is 2.24. The smallest absolute Gasteiger partial charge is 0.356 e. The van der Waals surface area contributed by atoms with Gasteiger partial charge in [0, 0.05) is 0 Å². The summed E-state index contributed by atoms with van der Waals surface area (Å²) in [7, 11) is 0. The monoisotopic (exact) mass is 820 g/mol. The van der Waals surface area contributed by atoms with Crippen molar-refractivity contribution in [1.82, 2.24) is 0 Å². The van der Waals surface area contributed by atoms with Crippen LogP contribution in [0.1, 0.15) is 0 Å². The molecule has 0 aliphatic carbocycles. The normalized spacial score (nSPS) is 5.33. The molecule has 0 spiro atoms. The molecule has 0 saturated heterocycles. The van der Waals surface area contributed by atoms with E-state index in [9.17, 15) is 0 Å². The Bertz CT molecular complexity index is 485. The zero-order valence-corrected chi connectivity index (χ0v) is 31.3. The molecule has 0 saturated carbocycles. The summed E-state index contributed by atoms with van der Waals surface area (Å²) in [6.07, 6.45) is 0. The Morgan fingerprint density at radius 2 is 0.156 bits per heavy atom. The summed E-state index contributed by atoms with van der Waals surface area (Å²) in [6.45, 7) is 0. The van der Waals surface area contributed by atoms with E-state index in [4.69, 9.17) is 153 Å². The van der Waals surface area contributed by atoms with Crippen LogP contribution in [0.15, 0.2) is 0 Å². The van der Waals surface area contributed by atoms with Crippen LogP contribution >= 0.6 is 0 Å². The summed E-state index contributed by atoms with van der Waals surface area (Å²) in [5, 5.41) is 148. The van der Waals surface area contributed by atoms with Crippen LogP contribution in [0.5, 0.6) is 0 Å². The van der Waals surface area contributed by atoms with Crippen LogP contribution < -0.4 is 0 Å². The predicted molar refractivity (Wildman–Crippen MR) is 132 cm³/mol. The SMILES string of the molecule is O=[N+]([O-])[O-].O=[N+]([O-])[O-].O=[N+]([O-])[O-].O=[N+]([O-])[O-].O=[N+]([O-])[O-].O=[N+]([O-])[O-].O=[N+]([O-])[O-].O=[N+]([O-])[O-].O=[N+]([O-])[O-].O=[N+]([O-])[O-].[Ca+2].[Ca+2].[Ca+2].[Ca+2].[Ca+2]. The van der Waals surface area contributed by atoms with Gasteiger partial charge in [0.15, 0.2) is 0 Å². The van der Waals surface area contributed by atoms with Gasteiger partial charge in [-0.25, -0.2) is 0 Å². The van der Waals surface area contributed by atoms with Crippen molar-refractivity contribution in [3.63, 3.8) is 0 Å². The topological polar surface area (TPSA) is 662 Å². The van der Waals surface area contributed by atoms with Gasteiger partial charge in [-0.1, -0.05) is 0 Å². The Balaban J connectivity index is -0.0000000169. The Labute approximate surface area is 386 Å². The van der Waals surface area contributed by atoms with Gasteiger partial charge in [-0.2, -0.15) is 0 Å². The summed E-state index contributed by atoms with van der Waals surface area (Å²) in [4.78, 5) is 82.5. The van der Waals surface area contributed by atoms with E-state index in [0.29, 0.717) is 0 Å². The second-order valence-electron chi connectivity index (χ2n) is 2.24. The van der Waals surface area contributed by atoms with Crippen molar-refractivity contribution >= 4 is 189 Å². The van der Waals surface area contributed by atoms with Crippen molar-refractivity contribution in [2.24, 2.45) is 0 Å². The minimum atomic E-state index is -1.75. The second kappa shape index (κ2) is 90.1. The molecule has 0 fully saturated rings. The third kappa shape index (κ3) is 23700. The largest absolute Gasteiger partial charge is 2.00 e. The molecule has 0 aliphatic rings. The van der Waals surface area contributed by atoms with Crippen molar-refractivity contribution in [3.05, 3.63) is 153 Å². The molecule has 45 heteroatoms. The Kier molecular flexibility index (Phi) is 194. The number of hydrogen-bond donors (Lipinski definition) is 0. The van der Waals surface area contributed by atoms with E-state index < -0.39 is 50.9 Å².